The molecule has 0 radical (unpaired) electrons. The minimum absolute atomic E-state index is 0.108. The van der Waals surface area contributed by atoms with Crippen molar-refractivity contribution in [1.82, 2.24) is 0 Å². The third-order valence-electron chi connectivity index (χ3n) is 2.21. The zero-order valence-corrected chi connectivity index (χ0v) is 7.10. The monoisotopic (exact) mass is 161 g/mol. The lowest BCUT2D eigenvalue weighted by Gasteiger charge is -2.08. The normalized spacial score (nSPS) is 40.5. The largest absolute Gasteiger partial charge is 0.392 e. The lowest BCUT2D eigenvalue weighted by Crippen LogP contribution is -2.14. The molecule has 0 aromatic carbocycles. The molecule has 1 saturated carbocycles. The van der Waals surface area contributed by atoms with Crippen LogP contribution >= 0.6 is 11.8 Å². The van der Waals surface area contributed by atoms with Crippen LogP contribution in [0.5, 0.6) is 0 Å². The van der Waals surface area contributed by atoms with Gasteiger partial charge in [0.2, 0.25) is 0 Å². The van der Waals surface area contributed by atoms with Gasteiger partial charge >= 0.3 is 0 Å². The molecule has 0 aromatic rings. The maximum atomic E-state index is 9.41. The molecule has 3 atom stereocenters. The molecule has 3 heteroatoms. The van der Waals surface area contributed by atoms with Crippen molar-refractivity contribution in [2.45, 2.75) is 24.2 Å². The predicted molar refractivity (Wildman–Crippen MR) is 45.1 cm³/mol. The summed E-state index contributed by atoms with van der Waals surface area (Å²) >= 11 is 1.75. The highest BCUT2D eigenvalue weighted by Gasteiger charge is 2.31. The Kier molecular flexibility index (Phi) is 3.01. The summed E-state index contributed by atoms with van der Waals surface area (Å²) in [7, 11) is 0. The molecule has 60 valence electrons. The second-order valence-electron chi connectivity index (χ2n) is 2.91. The Labute approximate surface area is 66.2 Å². The number of aliphatic hydroxyl groups excluding tert-OH is 1. The molecule has 0 aliphatic heterocycles. The van der Waals surface area contributed by atoms with E-state index in [1.165, 1.54) is 0 Å². The van der Waals surface area contributed by atoms with Gasteiger partial charge < -0.3 is 10.8 Å². The molecule has 2 nitrogen and oxygen atoms in total. The fourth-order valence-corrected chi connectivity index (χ4v) is 2.41. The summed E-state index contributed by atoms with van der Waals surface area (Å²) in [5, 5.41) is 9.85. The van der Waals surface area contributed by atoms with Crippen LogP contribution in [0.4, 0.5) is 0 Å². The predicted octanol–water partition coefficient (Wildman–Crippen LogP) is 0.448. The molecule has 0 heterocycles. The lowest BCUT2D eigenvalue weighted by atomic mass is 10.1. The van der Waals surface area contributed by atoms with Crippen LogP contribution in [0.2, 0.25) is 0 Å². The highest BCUT2D eigenvalue weighted by Crippen LogP contribution is 2.32. The molecule has 0 bridgehead atoms. The fraction of sp³-hybridized carbons (Fsp3) is 1.00. The Hall–Kier alpha value is 0.270. The number of nitrogens with two attached hydrogens (primary N) is 1. The van der Waals surface area contributed by atoms with Gasteiger partial charge in [0.25, 0.3) is 0 Å². The third-order valence-corrected chi connectivity index (χ3v) is 3.32. The highest BCUT2D eigenvalue weighted by molar-refractivity contribution is 7.99. The summed E-state index contributed by atoms with van der Waals surface area (Å²) in [5.41, 5.74) is 5.49. The van der Waals surface area contributed by atoms with Gasteiger partial charge in [-0.05, 0) is 31.6 Å². The van der Waals surface area contributed by atoms with E-state index >= 15 is 0 Å². The van der Waals surface area contributed by atoms with Crippen molar-refractivity contribution < 1.29 is 5.11 Å². The zero-order chi connectivity index (χ0) is 7.56. The minimum atomic E-state index is -0.108. The van der Waals surface area contributed by atoms with Crippen LogP contribution < -0.4 is 5.73 Å². The molecule has 0 spiro atoms. The van der Waals surface area contributed by atoms with Crippen molar-refractivity contribution in [3.63, 3.8) is 0 Å². The molecule has 1 rings (SSSR count). The van der Waals surface area contributed by atoms with Gasteiger partial charge in [-0.25, -0.2) is 0 Å². The van der Waals surface area contributed by atoms with Gasteiger partial charge in [-0.3, -0.25) is 0 Å². The summed E-state index contributed by atoms with van der Waals surface area (Å²) in [5.74, 6) is 0.562. The molecule has 0 unspecified atom stereocenters. The zero-order valence-electron chi connectivity index (χ0n) is 6.29. The Bertz CT molecular complexity index is 110. The van der Waals surface area contributed by atoms with Crippen LogP contribution in [0.1, 0.15) is 12.8 Å². The van der Waals surface area contributed by atoms with E-state index < -0.39 is 0 Å². The quantitative estimate of drug-likeness (QED) is 0.618. The average Bonchev–Trinajstić information content (AvgIpc) is 2.30. The molecule has 10 heavy (non-hydrogen) atoms. The summed E-state index contributed by atoms with van der Waals surface area (Å²) < 4.78 is 0. The topological polar surface area (TPSA) is 46.2 Å². The van der Waals surface area contributed by atoms with Crippen molar-refractivity contribution in [3.05, 3.63) is 0 Å². The van der Waals surface area contributed by atoms with Crippen molar-refractivity contribution in [1.29, 1.82) is 0 Å². The van der Waals surface area contributed by atoms with Gasteiger partial charge in [0.1, 0.15) is 0 Å². The summed E-state index contributed by atoms with van der Waals surface area (Å²) in [6.45, 7) is 0.730. The van der Waals surface area contributed by atoms with E-state index in [1.807, 2.05) is 6.26 Å². The standard InChI is InChI=1S/C7H15NOS/c1-10-7-3-5(4-8)2-6(7)9/h5-7,9H,2-4,8H2,1H3/t5-,6-,7-/m1/s1. The highest BCUT2D eigenvalue weighted by atomic mass is 32.2. The first-order valence-corrected chi connectivity index (χ1v) is 4.97. The number of hydrogen-bond acceptors (Lipinski definition) is 3. The van der Waals surface area contributed by atoms with E-state index in [2.05, 4.69) is 0 Å². The summed E-state index contributed by atoms with van der Waals surface area (Å²) in [6, 6.07) is 0. The number of aliphatic hydroxyl groups is 1. The second kappa shape index (κ2) is 3.60. The Morgan fingerprint density at radius 3 is 2.60 bits per heavy atom. The van der Waals surface area contributed by atoms with E-state index in [4.69, 9.17) is 5.73 Å². The lowest BCUT2D eigenvalue weighted by molar-refractivity contribution is 0.182. The van der Waals surface area contributed by atoms with Crippen molar-refractivity contribution in [3.8, 4) is 0 Å². The van der Waals surface area contributed by atoms with Gasteiger partial charge in [-0.1, -0.05) is 0 Å². The third kappa shape index (κ3) is 1.65. The first-order chi connectivity index (χ1) is 4.77. The van der Waals surface area contributed by atoms with Gasteiger partial charge in [-0.15, -0.1) is 0 Å². The van der Waals surface area contributed by atoms with Crippen LogP contribution in [-0.4, -0.2) is 29.3 Å². The van der Waals surface area contributed by atoms with E-state index in [9.17, 15) is 5.11 Å². The van der Waals surface area contributed by atoms with Crippen molar-refractivity contribution >= 4 is 11.8 Å². The number of rotatable bonds is 2. The van der Waals surface area contributed by atoms with Crippen LogP contribution in [-0.2, 0) is 0 Å². The maximum Gasteiger partial charge on any atom is 0.0661 e. The van der Waals surface area contributed by atoms with Crippen LogP contribution in [0.15, 0.2) is 0 Å². The molecule has 0 amide bonds. The van der Waals surface area contributed by atoms with Crippen LogP contribution in [0.3, 0.4) is 0 Å². The first kappa shape index (κ1) is 8.37. The summed E-state index contributed by atoms with van der Waals surface area (Å²) in [6.07, 6.45) is 3.94. The maximum absolute atomic E-state index is 9.41. The fourth-order valence-electron chi connectivity index (χ4n) is 1.52. The van der Waals surface area contributed by atoms with E-state index in [-0.39, 0.29) is 6.10 Å². The molecule has 0 saturated heterocycles. The minimum Gasteiger partial charge on any atom is -0.392 e. The van der Waals surface area contributed by atoms with E-state index in [0.29, 0.717) is 11.2 Å². The first-order valence-electron chi connectivity index (χ1n) is 3.68. The number of hydrogen-bond donors (Lipinski definition) is 2. The summed E-state index contributed by atoms with van der Waals surface area (Å²) in [4.78, 5) is 0. The van der Waals surface area contributed by atoms with Gasteiger partial charge in [0, 0.05) is 5.25 Å². The van der Waals surface area contributed by atoms with Crippen molar-refractivity contribution in [2.24, 2.45) is 11.7 Å². The Morgan fingerprint density at radius 1 is 1.60 bits per heavy atom. The van der Waals surface area contributed by atoms with Crippen LogP contribution in [0, 0.1) is 5.92 Å². The molecule has 1 aliphatic carbocycles. The van der Waals surface area contributed by atoms with E-state index in [0.717, 1.165) is 19.4 Å². The molecule has 0 aromatic heterocycles. The van der Waals surface area contributed by atoms with Crippen molar-refractivity contribution in [2.75, 3.05) is 12.8 Å². The molecule has 1 fully saturated rings. The molecule has 3 N–H and O–H groups in total. The average molecular weight is 161 g/mol. The molecular formula is C7H15NOS. The van der Waals surface area contributed by atoms with Gasteiger partial charge in [0.05, 0.1) is 6.10 Å². The Morgan fingerprint density at radius 2 is 2.30 bits per heavy atom. The molecule has 1 aliphatic rings. The number of thioether (sulfide) groups is 1. The SMILES string of the molecule is CS[C@@H]1C[C@H](CN)C[C@H]1O. The van der Waals surface area contributed by atoms with Crippen LogP contribution in [0.25, 0.3) is 0 Å². The van der Waals surface area contributed by atoms with Gasteiger partial charge in [0.15, 0.2) is 0 Å². The van der Waals surface area contributed by atoms with Gasteiger partial charge in [-0.2, -0.15) is 11.8 Å². The smallest absolute Gasteiger partial charge is 0.0661 e. The van der Waals surface area contributed by atoms with E-state index in [1.54, 1.807) is 11.8 Å². The second-order valence-corrected chi connectivity index (χ2v) is 3.99. The Balaban J connectivity index is 2.36. The molecular weight excluding hydrogens is 146 g/mol.